The van der Waals surface area contributed by atoms with E-state index < -0.39 is 17.5 Å². The van der Waals surface area contributed by atoms with Gasteiger partial charge in [-0.15, -0.1) is 12.6 Å². The number of furan rings is 1. The predicted molar refractivity (Wildman–Crippen MR) is 146 cm³/mol. The quantitative estimate of drug-likeness (QED) is 0.264. The number of fused-ring (bicyclic) bond motifs is 1. The van der Waals surface area contributed by atoms with Gasteiger partial charge in [-0.1, -0.05) is 36.8 Å². The predicted octanol–water partition coefficient (Wildman–Crippen LogP) is 4.28. The van der Waals surface area contributed by atoms with Crippen molar-refractivity contribution in [2.45, 2.75) is 62.7 Å². The molecule has 9 nitrogen and oxygen atoms in total. The zero-order chi connectivity index (χ0) is 29.6. The molecular weight excluding hydrogens is 561 g/mol. The van der Waals surface area contributed by atoms with Crippen LogP contribution in [-0.2, 0) is 29.1 Å². The smallest absolute Gasteiger partial charge is 0.475 e. The normalized spacial score (nSPS) is 16.8. The second kappa shape index (κ2) is 13.4. The van der Waals surface area contributed by atoms with Gasteiger partial charge < -0.3 is 19.7 Å². The molecule has 1 saturated carbocycles. The van der Waals surface area contributed by atoms with Crippen molar-refractivity contribution < 1.29 is 32.3 Å². The van der Waals surface area contributed by atoms with Gasteiger partial charge >= 0.3 is 12.1 Å². The number of aromatic nitrogens is 2. The molecule has 2 N–H and O–H groups in total. The largest absolute Gasteiger partial charge is 0.490 e. The number of thiol groups is 1. The summed E-state index contributed by atoms with van der Waals surface area (Å²) < 4.78 is 39.0. The molecule has 13 heteroatoms. The number of benzene rings is 1. The lowest BCUT2D eigenvalue weighted by molar-refractivity contribution is -0.192. The topological polar surface area (TPSA) is 118 Å². The number of rotatable bonds is 8. The Morgan fingerprint density at radius 1 is 1.15 bits per heavy atom. The molecular formula is C28H31F3N4O5S. The maximum absolute atomic E-state index is 13.7. The first kappa shape index (κ1) is 30.4. The summed E-state index contributed by atoms with van der Waals surface area (Å²) in [4.78, 5) is 42.2. The van der Waals surface area contributed by atoms with Gasteiger partial charge in [-0.2, -0.15) is 13.2 Å². The van der Waals surface area contributed by atoms with Gasteiger partial charge in [0.15, 0.2) is 0 Å². The standard InChI is InChI=1S/C26H30N4O3S.C2HF3O2/c31-22(11-13-27-16-18-6-2-1-3-7-18)29-14-12-21-23(26(29)34)25(32)30(17-20-10-5-15-33-20)24(28-21)19-8-4-9-19;3-2(4,5)1(6)7/h1-3,5-7,10,15,19,26-27,34H,4,8-9,11-14,16-17H2;(H,6,7). The van der Waals surface area contributed by atoms with Crippen LogP contribution in [0.5, 0.6) is 0 Å². The molecule has 1 amide bonds. The van der Waals surface area contributed by atoms with Gasteiger partial charge in [-0.05, 0) is 30.5 Å². The maximum atomic E-state index is 13.7. The summed E-state index contributed by atoms with van der Waals surface area (Å²) in [5.41, 5.74) is 2.38. The third-order valence-corrected chi connectivity index (χ3v) is 7.61. The SMILES string of the molecule is O=C(CCNCc1ccccc1)N1CCc2nc(C3CCC3)n(Cc3ccco3)c(=O)c2C1S.O=C(O)C(F)(F)F. The second-order valence-corrected chi connectivity index (χ2v) is 10.3. The van der Waals surface area contributed by atoms with E-state index in [1.54, 1.807) is 15.7 Å². The Kier molecular flexibility index (Phi) is 9.92. The summed E-state index contributed by atoms with van der Waals surface area (Å²) >= 11 is 4.74. The summed E-state index contributed by atoms with van der Waals surface area (Å²) in [5, 5.41) is 9.85. The van der Waals surface area contributed by atoms with Crippen LogP contribution in [0.15, 0.2) is 57.9 Å². The Labute approximate surface area is 239 Å². The summed E-state index contributed by atoms with van der Waals surface area (Å²) in [5.74, 6) is -0.898. The summed E-state index contributed by atoms with van der Waals surface area (Å²) in [6.07, 6.45) is 0.721. The lowest BCUT2D eigenvalue weighted by atomic mass is 9.84. The van der Waals surface area contributed by atoms with Crippen molar-refractivity contribution in [3.05, 3.63) is 87.5 Å². The van der Waals surface area contributed by atoms with Crippen LogP contribution in [0.25, 0.3) is 0 Å². The number of hydrogen-bond donors (Lipinski definition) is 3. The monoisotopic (exact) mass is 592 g/mol. The fraction of sp³-hybridized carbons (Fsp3) is 0.429. The molecule has 1 atom stereocenters. The van der Waals surface area contributed by atoms with E-state index in [1.807, 2.05) is 30.3 Å². The van der Waals surface area contributed by atoms with Gasteiger partial charge in [0.2, 0.25) is 5.91 Å². The van der Waals surface area contributed by atoms with Gasteiger partial charge in [0.1, 0.15) is 17.0 Å². The summed E-state index contributed by atoms with van der Waals surface area (Å²) in [6, 6.07) is 13.8. The molecule has 3 aromatic rings. The van der Waals surface area contributed by atoms with Crippen LogP contribution in [0.3, 0.4) is 0 Å². The van der Waals surface area contributed by atoms with Crippen molar-refractivity contribution in [2.24, 2.45) is 0 Å². The highest BCUT2D eigenvalue weighted by Crippen LogP contribution is 2.37. The number of carbonyl (C=O) groups excluding carboxylic acids is 1. The number of hydrogen-bond acceptors (Lipinski definition) is 7. The van der Waals surface area contributed by atoms with E-state index in [9.17, 15) is 22.8 Å². The molecule has 1 unspecified atom stereocenters. The Hall–Kier alpha value is -3.58. The molecule has 1 aromatic carbocycles. The second-order valence-electron chi connectivity index (χ2n) is 9.85. The average Bonchev–Trinajstić information content (AvgIpc) is 3.41. The molecule has 1 fully saturated rings. The molecule has 2 aliphatic rings. The Bertz CT molecular complexity index is 1390. The Morgan fingerprint density at radius 3 is 2.44 bits per heavy atom. The van der Waals surface area contributed by atoms with Crippen LogP contribution in [0.4, 0.5) is 13.2 Å². The van der Waals surface area contributed by atoms with Crippen molar-refractivity contribution in [3.63, 3.8) is 0 Å². The number of alkyl halides is 3. The van der Waals surface area contributed by atoms with E-state index in [1.165, 1.54) is 5.56 Å². The summed E-state index contributed by atoms with van der Waals surface area (Å²) in [6.45, 7) is 2.15. The van der Waals surface area contributed by atoms with Crippen molar-refractivity contribution in [3.8, 4) is 0 Å². The van der Waals surface area contributed by atoms with Crippen molar-refractivity contribution in [1.29, 1.82) is 0 Å². The Balaban J connectivity index is 0.000000493. The first-order valence-electron chi connectivity index (χ1n) is 13.2. The number of carbonyl (C=O) groups is 2. The molecule has 0 spiro atoms. The molecule has 0 bridgehead atoms. The van der Waals surface area contributed by atoms with Crippen LogP contribution < -0.4 is 10.9 Å². The Morgan fingerprint density at radius 2 is 1.85 bits per heavy atom. The van der Waals surface area contributed by atoms with E-state index in [0.29, 0.717) is 56.3 Å². The zero-order valence-electron chi connectivity index (χ0n) is 22.1. The van der Waals surface area contributed by atoms with Crippen LogP contribution >= 0.6 is 12.6 Å². The van der Waals surface area contributed by atoms with Gasteiger partial charge in [0.05, 0.1) is 24.1 Å². The first-order chi connectivity index (χ1) is 19.6. The highest BCUT2D eigenvalue weighted by atomic mass is 32.1. The molecule has 1 aliphatic heterocycles. The maximum Gasteiger partial charge on any atom is 0.490 e. The number of nitrogens with one attached hydrogen (secondary N) is 1. The molecule has 0 radical (unpaired) electrons. The fourth-order valence-electron chi connectivity index (χ4n) is 4.70. The highest BCUT2D eigenvalue weighted by Gasteiger charge is 2.38. The van der Waals surface area contributed by atoms with Crippen LogP contribution in [0, 0.1) is 0 Å². The van der Waals surface area contributed by atoms with E-state index in [2.05, 4.69) is 17.4 Å². The average molecular weight is 593 g/mol. The third kappa shape index (κ3) is 7.59. The van der Waals surface area contributed by atoms with Crippen LogP contribution in [-0.4, -0.2) is 50.7 Å². The lowest BCUT2D eigenvalue weighted by Crippen LogP contribution is -2.44. The van der Waals surface area contributed by atoms with E-state index in [-0.39, 0.29) is 11.5 Å². The van der Waals surface area contributed by atoms with Crippen molar-refractivity contribution in [1.82, 2.24) is 19.8 Å². The minimum absolute atomic E-state index is 0.00809. The lowest BCUT2D eigenvalue weighted by Gasteiger charge is -2.35. The van der Waals surface area contributed by atoms with Gasteiger partial charge in [-0.25, -0.2) is 9.78 Å². The van der Waals surface area contributed by atoms with E-state index in [0.717, 1.165) is 30.8 Å². The minimum atomic E-state index is -5.08. The number of carboxylic acids is 1. The highest BCUT2D eigenvalue weighted by molar-refractivity contribution is 7.80. The van der Waals surface area contributed by atoms with E-state index in [4.69, 9.17) is 31.9 Å². The minimum Gasteiger partial charge on any atom is -0.475 e. The molecule has 1 aliphatic carbocycles. The number of carboxylic acid groups (broad SMARTS) is 1. The molecule has 41 heavy (non-hydrogen) atoms. The van der Waals surface area contributed by atoms with Crippen molar-refractivity contribution >= 4 is 24.5 Å². The fourth-order valence-corrected chi connectivity index (χ4v) is 5.21. The number of amides is 1. The molecule has 3 heterocycles. The van der Waals surface area contributed by atoms with Gasteiger partial charge in [-0.3, -0.25) is 14.2 Å². The molecule has 220 valence electrons. The van der Waals surface area contributed by atoms with Crippen LogP contribution in [0.1, 0.15) is 65.4 Å². The third-order valence-electron chi connectivity index (χ3n) is 7.07. The number of aliphatic carboxylic acids is 1. The zero-order valence-corrected chi connectivity index (χ0v) is 23.0. The first-order valence-corrected chi connectivity index (χ1v) is 13.8. The van der Waals surface area contributed by atoms with Crippen LogP contribution in [0.2, 0.25) is 0 Å². The molecule has 5 rings (SSSR count). The molecule has 2 aromatic heterocycles. The summed E-state index contributed by atoms with van der Waals surface area (Å²) in [7, 11) is 0. The van der Waals surface area contributed by atoms with Crippen molar-refractivity contribution in [2.75, 3.05) is 13.1 Å². The molecule has 0 saturated heterocycles. The van der Waals surface area contributed by atoms with Gasteiger partial charge in [0.25, 0.3) is 5.56 Å². The van der Waals surface area contributed by atoms with Gasteiger partial charge in [0, 0.05) is 38.4 Å². The number of nitrogens with zero attached hydrogens (tertiary/aromatic N) is 3. The number of halogens is 3. The van der Waals surface area contributed by atoms with E-state index >= 15 is 0 Å².